The van der Waals surface area contributed by atoms with Gasteiger partial charge in [0.15, 0.2) is 0 Å². The van der Waals surface area contributed by atoms with E-state index >= 15 is 0 Å². The predicted octanol–water partition coefficient (Wildman–Crippen LogP) is 7.88. The molecule has 167 valence electrons. The summed E-state index contributed by atoms with van der Waals surface area (Å²) in [5.41, 5.74) is 6.18. The van der Waals surface area contributed by atoms with E-state index in [-0.39, 0.29) is 32.9 Å². The maximum absolute atomic E-state index is 5.36. The van der Waals surface area contributed by atoms with Crippen LogP contribution in [-0.2, 0) is 17.1 Å². The predicted molar refractivity (Wildman–Crippen MR) is 136 cm³/mol. The molecule has 0 aliphatic carbocycles. The maximum atomic E-state index is 5.36. The molecule has 4 heteroatoms. The van der Waals surface area contributed by atoms with Crippen molar-refractivity contribution in [1.82, 2.24) is 0 Å². The molecule has 2 N–H and O–H groups in total. The average molecular weight is 477 g/mol. The minimum Gasteiger partial charge on any atom is -0.399 e. The fraction of sp³-hybridized carbons (Fsp3) is 0.750. The van der Waals surface area contributed by atoms with Gasteiger partial charge in [-0.3, -0.25) is 0 Å². The van der Waals surface area contributed by atoms with E-state index in [2.05, 4.69) is 83.1 Å². The van der Waals surface area contributed by atoms with Crippen LogP contribution in [0.2, 0.25) is 0 Å². The minimum atomic E-state index is -0.364. The first-order valence-corrected chi connectivity index (χ1v) is 13.8. The summed E-state index contributed by atoms with van der Waals surface area (Å²) < 4.78 is 0. The van der Waals surface area contributed by atoms with Gasteiger partial charge in [-0.2, -0.15) is 0 Å². The Bertz CT molecular complexity index is 471. The van der Waals surface area contributed by atoms with Gasteiger partial charge in [-0.15, -0.1) is 0 Å². The Kier molecular flexibility index (Phi) is 12.8. The van der Waals surface area contributed by atoms with Gasteiger partial charge in [0.2, 0.25) is 0 Å². The summed E-state index contributed by atoms with van der Waals surface area (Å²) in [4.78, 5) is 0. The van der Waals surface area contributed by atoms with Crippen LogP contribution in [0.4, 0.5) is 5.69 Å². The van der Waals surface area contributed by atoms with Gasteiger partial charge in [0, 0.05) is 21.5 Å². The van der Waals surface area contributed by atoms with Crippen molar-refractivity contribution in [2.24, 2.45) is 0 Å². The average Bonchev–Trinajstić information content (AvgIpc) is 2.39. The van der Waals surface area contributed by atoms with Gasteiger partial charge in [-0.1, -0.05) is 18.2 Å². The van der Waals surface area contributed by atoms with Gasteiger partial charge in [0.05, 0.1) is 32.9 Å². The number of anilines is 1. The summed E-state index contributed by atoms with van der Waals surface area (Å²) in [6.45, 7) is 29.6. The molecule has 0 atom stereocenters. The van der Waals surface area contributed by atoms with E-state index in [1.165, 1.54) is 12.3 Å². The summed E-state index contributed by atoms with van der Waals surface area (Å²) in [7, 11) is -0.729. The Morgan fingerprint density at radius 2 is 0.821 bits per heavy atom. The summed E-state index contributed by atoms with van der Waals surface area (Å²) in [5.74, 6) is 0. The second kappa shape index (κ2) is 11.7. The molecule has 1 aromatic rings. The van der Waals surface area contributed by atoms with Gasteiger partial charge in [0.1, 0.15) is 0 Å². The molecule has 0 aliphatic heterocycles. The van der Waals surface area contributed by atoms with Gasteiger partial charge < -0.3 is 5.73 Å². The normalized spacial score (nSPS) is 13.1. The van der Waals surface area contributed by atoms with Gasteiger partial charge >= 0.3 is 17.1 Å². The summed E-state index contributed by atoms with van der Waals surface area (Å²) in [6.07, 6.45) is 2.97. The Balaban J connectivity index is 0. The van der Waals surface area contributed by atoms with Crippen molar-refractivity contribution in [3.05, 3.63) is 30.3 Å². The van der Waals surface area contributed by atoms with E-state index in [9.17, 15) is 0 Å². The topological polar surface area (TPSA) is 26.0 Å². The van der Waals surface area contributed by atoms with Crippen LogP contribution >= 0.6 is 15.8 Å². The molecule has 28 heavy (non-hydrogen) atoms. The number of nitrogens with two attached hydrogens (primary N) is 1. The summed E-state index contributed by atoms with van der Waals surface area (Å²) >= 11 is 0. The summed E-state index contributed by atoms with van der Waals surface area (Å²) in [5, 5.41) is 2.02. The fourth-order valence-corrected chi connectivity index (χ4v) is 14.0. The van der Waals surface area contributed by atoms with Gasteiger partial charge in [-0.25, -0.2) is 0 Å². The van der Waals surface area contributed by atoms with Crippen molar-refractivity contribution in [3.63, 3.8) is 0 Å². The van der Waals surface area contributed by atoms with E-state index < -0.39 is 0 Å². The molecule has 0 saturated carbocycles. The number of para-hydroxylation sites is 1. The van der Waals surface area contributed by atoms with Crippen LogP contribution in [0.5, 0.6) is 0 Å². The molecule has 1 rings (SSSR count). The van der Waals surface area contributed by atoms with Crippen molar-refractivity contribution in [1.29, 1.82) is 0 Å². The molecule has 0 amide bonds. The maximum Gasteiger partial charge on any atom is 2.00 e. The van der Waals surface area contributed by atoms with Crippen molar-refractivity contribution in [3.8, 4) is 0 Å². The van der Waals surface area contributed by atoms with E-state index in [1.807, 2.05) is 30.3 Å². The number of hydrogen-bond acceptors (Lipinski definition) is 1. The van der Waals surface area contributed by atoms with Crippen molar-refractivity contribution >= 4 is 21.5 Å². The molecule has 0 fully saturated rings. The number of nitrogen functional groups attached to an aromatic ring is 1. The largest absolute Gasteiger partial charge is 2.00 e. The first-order chi connectivity index (χ1) is 11.9. The first-order valence-electron chi connectivity index (χ1n) is 10.4. The Morgan fingerprint density at radius 1 is 0.571 bits per heavy atom. The second-order valence-electron chi connectivity index (χ2n) is 11.9. The molecule has 1 aromatic carbocycles. The monoisotopic (exact) mass is 476 g/mol. The van der Waals surface area contributed by atoms with Crippen LogP contribution < -0.4 is 5.73 Å². The van der Waals surface area contributed by atoms with Crippen molar-refractivity contribution in [2.45, 2.75) is 104 Å². The number of hydrogen-bond donors (Lipinski definition) is 1. The molecule has 0 heterocycles. The van der Waals surface area contributed by atoms with Crippen LogP contribution in [0.1, 0.15) is 83.1 Å². The Hall–Kier alpha value is 0.399. The molecule has 0 spiro atoms. The van der Waals surface area contributed by atoms with E-state index in [0.29, 0.717) is 20.6 Å². The van der Waals surface area contributed by atoms with Crippen LogP contribution in [-0.4, -0.2) is 32.9 Å². The zero-order chi connectivity index (χ0) is 21.7. The zero-order valence-electron chi connectivity index (χ0n) is 20.7. The van der Waals surface area contributed by atoms with Gasteiger partial charge in [0.25, 0.3) is 0 Å². The van der Waals surface area contributed by atoms with Crippen molar-refractivity contribution < 1.29 is 17.1 Å². The van der Waals surface area contributed by atoms with Crippen LogP contribution in [0.15, 0.2) is 30.3 Å². The third-order valence-electron chi connectivity index (χ3n) is 5.05. The minimum absolute atomic E-state index is 0. The molecule has 0 aliphatic rings. The zero-order valence-corrected chi connectivity index (χ0v) is 23.6. The van der Waals surface area contributed by atoms with Crippen molar-refractivity contribution in [2.75, 3.05) is 18.1 Å². The Morgan fingerprint density at radius 3 is 0.964 bits per heavy atom. The third kappa shape index (κ3) is 12.2. The number of rotatable bonds is 3. The molecular formula is C24H49CuNP2+4. The smallest absolute Gasteiger partial charge is 0.399 e. The quantitative estimate of drug-likeness (QED) is 0.268. The van der Waals surface area contributed by atoms with Gasteiger partial charge in [-0.05, 0) is 95.2 Å². The third-order valence-corrected chi connectivity index (χ3v) is 14.3. The van der Waals surface area contributed by atoms with E-state index in [0.717, 1.165) is 5.69 Å². The summed E-state index contributed by atoms with van der Waals surface area (Å²) in [6, 6.07) is 9.49. The molecule has 1 nitrogen and oxygen atoms in total. The van der Waals surface area contributed by atoms with Crippen LogP contribution in [0.3, 0.4) is 0 Å². The van der Waals surface area contributed by atoms with Crippen LogP contribution in [0.25, 0.3) is 0 Å². The number of benzene rings is 1. The second-order valence-corrected chi connectivity index (χ2v) is 20.8. The molecular weight excluding hydrogens is 428 g/mol. The first kappa shape index (κ1) is 30.6. The van der Waals surface area contributed by atoms with E-state index in [4.69, 9.17) is 5.73 Å². The molecule has 0 unspecified atom stereocenters. The Labute approximate surface area is 190 Å². The van der Waals surface area contributed by atoms with E-state index in [1.54, 1.807) is 0 Å². The fourth-order valence-electron chi connectivity index (χ4n) is 4.45. The molecule has 0 saturated heterocycles. The molecule has 0 bridgehead atoms. The van der Waals surface area contributed by atoms with Crippen LogP contribution in [0, 0.1) is 0 Å². The standard InChI is InChI=1S/C18H40P2.C6H7N.Cu/c1-15(2,3)19(16(4,5)6)13-14-20(17(7,8)9)18(10,11)12;7-6-4-2-1-3-5-6;/h13-14H2,1-12H3;1-5H,7H2;/q;;+2/p+2. The molecule has 0 aromatic heterocycles. The molecule has 1 radical (unpaired) electrons. The SMILES string of the molecule is CC(C)(C)[PH+](CC[PH+](C(C)(C)C)C(C)(C)C)C(C)(C)C.Nc1ccccc1.[Cu+2].